The molecule has 0 amide bonds. The first kappa shape index (κ1) is 45.1. The zero-order valence-corrected chi connectivity index (χ0v) is 32.6. The van der Waals surface area contributed by atoms with E-state index in [1.807, 2.05) is 6.92 Å². The van der Waals surface area contributed by atoms with Crippen LogP contribution in [0.4, 0.5) is 0 Å². The number of hydrogen-bond donors (Lipinski definition) is 3. The average molecular weight is 695 g/mol. The molecule has 1 aromatic carbocycles. The van der Waals surface area contributed by atoms with Crippen LogP contribution in [0.2, 0.25) is 0 Å². The number of benzene rings is 1. The van der Waals surface area contributed by atoms with Gasteiger partial charge in [-0.1, -0.05) is 211 Å². The molecule has 0 radical (unpaired) electrons. The molecule has 0 spiro atoms. The van der Waals surface area contributed by atoms with Crippen molar-refractivity contribution in [2.75, 3.05) is 0 Å². The first-order valence-corrected chi connectivity index (χ1v) is 22.1. The van der Waals surface area contributed by atoms with Crippen LogP contribution in [0.1, 0.15) is 212 Å². The van der Waals surface area contributed by atoms with Gasteiger partial charge in [-0.25, -0.2) is 8.42 Å². The van der Waals surface area contributed by atoms with Crippen LogP contribution in [0.15, 0.2) is 29.2 Å². The van der Waals surface area contributed by atoms with E-state index < -0.39 is 27.0 Å². The Balaban J connectivity index is 2.46. The van der Waals surface area contributed by atoms with Crippen LogP contribution in [0, 0.1) is 6.92 Å². The Labute approximate surface area is 298 Å². The molecule has 0 aromatic heterocycles. The van der Waals surface area contributed by atoms with Crippen molar-refractivity contribution in [1.29, 1.82) is 0 Å². The van der Waals surface area contributed by atoms with Crippen molar-refractivity contribution in [2.45, 2.75) is 235 Å². The molecule has 1 rings (SSSR count). The smallest absolute Gasteiger partial charge is 0.207 e. The minimum atomic E-state index is -4.24. The Morgan fingerprint density at radius 1 is 0.521 bits per heavy atom. The largest absolute Gasteiger partial charge is 0.390 e. The van der Waals surface area contributed by atoms with Crippen molar-refractivity contribution in [2.24, 2.45) is 0 Å². The summed E-state index contributed by atoms with van der Waals surface area (Å²) in [6.45, 7) is 6.39. The molecule has 0 aliphatic rings. The molecule has 1 aromatic rings. The summed E-state index contributed by atoms with van der Waals surface area (Å²) < 4.78 is 26.8. The second-order valence-electron chi connectivity index (χ2n) is 14.9. The number of rotatable bonds is 34. The number of aliphatic hydroxyl groups excluding tert-OH is 2. The van der Waals surface area contributed by atoms with Gasteiger partial charge in [-0.3, -0.25) is 0 Å². The molecule has 3 N–H and O–H groups in total. The summed E-state index contributed by atoms with van der Waals surface area (Å²) in [6, 6.07) is 6.33. The van der Waals surface area contributed by atoms with Crippen LogP contribution in [0.25, 0.3) is 0 Å². The topological polar surface area (TPSA) is 94.8 Å². The lowest BCUT2D eigenvalue weighted by molar-refractivity contribution is -0.128. The Morgan fingerprint density at radius 2 is 0.833 bits per heavy atom. The Hall–Kier alpha value is -0.950. The fraction of sp³-hybridized carbons (Fsp3) is 0.857. The molecule has 0 fully saturated rings. The van der Waals surface area contributed by atoms with Gasteiger partial charge in [0.05, 0.1) is 11.0 Å². The Morgan fingerprint density at radius 3 is 1.19 bits per heavy atom. The van der Waals surface area contributed by atoms with Gasteiger partial charge in [0.1, 0.15) is 5.60 Å². The molecule has 6 heteroatoms. The molecule has 3 unspecified atom stereocenters. The van der Waals surface area contributed by atoms with E-state index in [1.54, 1.807) is 12.1 Å². The summed E-state index contributed by atoms with van der Waals surface area (Å²) >= 11 is 0. The first-order chi connectivity index (χ1) is 23.2. The van der Waals surface area contributed by atoms with Gasteiger partial charge in [0.25, 0.3) is 0 Å². The zero-order valence-electron chi connectivity index (χ0n) is 31.7. The van der Waals surface area contributed by atoms with Crippen LogP contribution < -0.4 is 0 Å². The molecule has 3 atom stereocenters. The SMILES string of the molecule is CCCCCCCCCCCCCCCCC(O)C(O)(CCCCCCCCCCCCCCCC)C(O)S(=O)(=O)c1ccc(C)cc1. The minimum Gasteiger partial charge on any atom is -0.390 e. The van der Waals surface area contributed by atoms with E-state index in [1.165, 1.54) is 147 Å². The number of aryl methyl sites for hydroxylation is 1. The molecular weight excluding hydrogens is 617 g/mol. The Kier molecular flexibility index (Phi) is 27.0. The molecule has 0 aliphatic heterocycles. The second kappa shape index (κ2) is 28.7. The van der Waals surface area contributed by atoms with Gasteiger partial charge in [-0.15, -0.1) is 0 Å². The second-order valence-corrected chi connectivity index (χ2v) is 17.0. The maximum absolute atomic E-state index is 13.4. The quantitative estimate of drug-likeness (QED) is 0.0624. The van der Waals surface area contributed by atoms with Gasteiger partial charge in [-0.05, 0) is 31.9 Å². The van der Waals surface area contributed by atoms with Crippen molar-refractivity contribution in [3.63, 3.8) is 0 Å². The van der Waals surface area contributed by atoms with E-state index in [0.29, 0.717) is 12.8 Å². The van der Waals surface area contributed by atoms with E-state index in [4.69, 9.17) is 0 Å². The van der Waals surface area contributed by atoms with Crippen LogP contribution in [0.3, 0.4) is 0 Å². The van der Waals surface area contributed by atoms with E-state index in [0.717, 1.165) is 37.7 Å². The summed E-state index contributed by atoms with van der Waals surface area (Å²) in [5.74, 6) is 0. The number of sulfone groups is 1. The standard InChI is InChI=1S/C42H78O5S/c1-4-6-8-10-12-14-16-18-20-22-24-26-28-30-32-40(43)42(45,41(44)48(46,47)39-35-33-38(3)34-36-39)37-31-29-27-25-23-21-19-17-15-13-11-9-7-5-2/h33-36,40-41,43-45H,4-32,37H2,1-3H3. The van der Waals surface area contributed by atoms with Gasteiger partial charge < -0.3 is 15.3 Å². The molecular formula is C42H78O5S. The highest BCUT2D eigenvalue weighted by atomic mass is 32.2. The van der Waals surface area contributed by atoms with Gasteiger partial charge in [0.2, 0.25) is 9.84 Å². The molecule has 48 heavy (non-hydrogen) atoms. The van der Waals surface area contributed by atoms with Crippen molar-refractivity contribution in [3.05, 3.63) is 29.8 Å². The van der Waals surface area contributed by atoms with Crippen LogP contribution in [-0.4, -0.2) is 40.9 Å². The monoisotopic (exact) mass is 695 g/mol. The first-order valence-electron chi connectivity index (χ1n) is 20.6. The third-order valence-corrected chi connectivity index (χ3v) is 12.3. The summed E-state index contributed by atoms with van der Waals surface area (Å²) in [5, 5.41) is 34.1. The zero-order chi connectivity index (χ0) is 35.4. The summed E-state index contributed by atoms with van der Waals surface area (Å²) in [7, 11) is -4.24. The van der Waals surface area contributed by atoms with Crippen LogP contribution in [-0.2, 0) is 9.84 Å². The normalized spacial score (nSPS) is 14.6. The third-order valence-electron chi connectivity index (χ3n) is 10.4. The summed E-state index contributed by atoms with van der Waals surface area (Å²) in [6.07, 6.45) is 33.0. The fourth-order valence-electron chi connectivity index (χ4n) is 6.97. The van der Waals surface area contributed by atoms with Crippen molar-refractivity contribution < 1.29 is 23.7 Å². The third kappa shape index (κ3) is 20.0. The van der Waals surface area contributed by atoms with E-state index >= 15 is 0 Å². The van der Waals surface area contributed by atoms with E-state index in [9.17, 15) is 23.7 Å². The highest BCUT2D eigenvalue weighted by Crippen LogP contribution is 2.33. The number of hydrogen-bond acceptors (Lipinski definition) is 5. The number of aliphatic hydroxyl groups is 3. The number of unbranched alkanes of at least 4 members (excludes halogenated alkanes) is 26. The van der Waals surface area contributed by atoms with Gasteiger partial charge in [0, 0.05) is 0 Å². The van der Waals surface area contributed by atoms with E-state index in [2.05, 4.69) is 13.8 Å². The lowest BCUT2D eigenvalue weighted by Gasteiger charge is -2.37. The highest BCUT2D eigenvalue weighted by molar-refractivity contribution is 7.92. The van der Waals surface area contributed by atoms with Crippen molar-refractivity contribution >= 4 is 9.84 Å². The molecule has 0 saturated heterocycles. The minimum absolute atomic E-state index is 0.0244. The molecule has 0 heterocycles. The average Bonchev–Trinajstić information content (AvgIpc) is 3.08. The highest BCUT2D eigenvalue weighted by Gasteiger charge is 2.48. The Bertz CT molecular complexity index is 963. The maximum Gasteiger partial charge on any atom is 0.207 e. The fourth-order valence-corrected chi connectivity index (χ4v) is 8.55. The van der Waals surface area contributed by atoms with Crippen molar-refractivity contribution in [1.82, 2.24) is 0 Å². The van der Waals surface area contributed by atoms with Gasteiger partial charge in [-0.2, -0.15) is 0 Å². The van der Waals surface area contributed by atoms with Gasteiger partial charge >= 0.3 is 0 Å². The van der Waals surface area contributed by atoms with Crippen molar-refractivity contribution in [3.8, 4) is 0 Å². The molecule has 5 nitrogen and oxygen atoms in total. The molecule has 282 valence electrons. The molecule has 0 bridgehead atoms. The molecule has 0 aliphatic carbocycles. The lowest BCUT2D eigenvalue weighted by atomic mass is 9.87. The summed E-state index contributed by atoms with van der Waals surface area (Å²) in [4.78, 5) is -0.0244. The maximum atomic E-state index is 13.4. The predicted octanol–water partition coefficient (Wildman–Crippen LogP) is 11.9. The predicted molar refractivity (Wildman–Crippen MR) is 205 cm³/mol. The summed E-state index contributed by atoms with van der Waals surface area (Å²) in [5.41, 5.74) is -3.26. The lowest BCUT2D eigenvalue weighted by Crippen LogP contribution is -2.55. The van der Waals surface area contributed by atoms with Gasteiger partial charge in [0.15, 0.2) is 5.44 Å². The van der Waals surface area contributed by atoms with Crippen LogP contribution in [0.5, 0.6) is 0 Å². The molecule has 0 saturated carbocycles. The van der Waals surface area contributed by atoms with E-state index in [-0.39, 0.29) is 17.7 Å². The van der Waals surface area contributed by atoms with Crippen LogP contribution >= 0.6 is 0 Å².